The molecule has 92 valence electrons. The number of nitrogens with one attached hydrogen (secondary N) is 1. The molecule has 0 unspecified atom stereocenters. The molecule has 2 rings (SSSR count). The summed E-state index contributed by atoms with van der Waals surface area (Å²) >= 11 is 0. The first-order valence-corrected chi connectivity index (χ1v) is 6.12. The Balaban J connectivity index is 2.19. The molecule has 0 radical (unpaired) electrons. The molecule has 1 aromatic carbocycles. The van der Waals surface area contributed by atoms with Crippen molar-refractivity contribution in [1.29, 1.82) is 0 Å². The predicted molar refractivity (Wildman–Crippen MR) is 68.6 cm³/mol. The van der Waals surface area contributed by atoms with E-state index < -0.39 is 5.97 Å². The van der Waals surface area contributed by atoms with Crippen molar-refractivity contribution >= 4 is 11.7 Å². The molecule has 0 aromatic heterocycles. The van der Waals surface area contributed by atoms with Crippen molar-refractivity contribution in [2.45, 2.75) is 45.1 Å². The number of aromatic carboxylic acids is 1. The highest BCUT2D eigenvalue weighted by atomic mass is 16.4. The average molecular weight is 233 g/mol. The lowest BCUT2D eigenvalue weighted by atomic mass is 9.99. The second-order valence-corrected chi connectivity index (χ2v) is 5.23. The third kappa shape index (κ3) is 2.60. The van der Waals surface area contributed by atoms with E-state index in [0.29, 0.717) is 5.56 Å². The monoisotopic (exact) mass is 233 g/mol. The van der Waals surface area contributed by atoms with Gasteiger partial charge in [-0.3, -0.25) is 0 Å². The molecule has 3 nitrogen and oxygen atoms in total. The van der Waals surface area contributed by atoms with E-state index in [0.717, 1.165) is 11.3 Å². The minimum atomic E-state index is -0.869. The van der Waals surface area contributed by atoms with Crippen LogP contribution in [0.25, 0.3) is 0 Å². The Morgan fingerprint density at radius 3 is 2.53 bits per heavy atom. The van der Waals surface area contributed by atoms with Gasteiger partial charge in [0.25, 0.3) is 0 Å². The molecule has 0 spiro atoms. The van der Waals surface area contributed by atoms with Gasteiger partial charge in [-0.2, -0.15) is 0 Å². The minimum Gasteiger partial charge on any atom is -0.478 e. The van der Waals surface area contributed by atoms with Gasteiger partial charge in [-0.15, -0.1) is 0 Å². The maximum atomic E-state index is 10.9. The normalized spacial score (nSPS) is 18.0. The van der Waals surface area contributed by atoms with Crippen LogP contribution in [0.3, 0.4) is 0 Å². The molecule has 1 aromatic rings. The second kappa shape index (κ2) is 4.40. The number of anilines is 1. The Morgan fingerprint density at radius 2 is 2.00 bits per heavy atom. The molecular weight excluding hydrogens is 214 g/mol. The first kappa shape index (κ1) is 12.0. The minimum absolute atomic E-state index is 0.176. The number of hydrogen-bond acceptors (Lipinski definition) is 2. The van der Waals surface area contributed by atoms with Gasteiger partial charge in [0, 0.05) is 11.2 Å². The summed E-state index contributed by atoms with van der Waals surface area (Å²) in [4.78, 5) is 10.9. The lowest BCUT2D eigenvalue weighted by molar-refractivity contribution is 0.0697. The van der Waals surface area contributed by atoms with Gasteiger partial charge < -0.3 is 10.4 Å². The number of hydrogen-bond donors (Lipinski definition) is 2. The van der Waals surface area contributed by atoms with Crippen molar-refractivity contribution in [2.75, 3.05) is 5.32 Å². The molecule has 0 amide bonds. The van der Waals surface area contributed by atoms with Gasteiger partial charge in [0.15, 0.2) is 0 Å². The highest BCUT2D eigenvalue weighted by Gasteiger charge is 2.28. The quantitative estimate of drug-likeness (QED) is 0.840. The van der Waals surface area contributed by atoms with Gasteiger partial charge in [0.2, 0.25) is 0 Å². The molecule has 0 saturated heterocycles. The van der Waals surface area contributed by atoms with Gasteiger partial charge in [-0.25, -0.2) is 4.79 Å². The number of benzene rings is 1. The van der Waals surface area contributed by atoms with Gasteiger partial charge in [0.1, 0.15) is 0 Å². The number of carbonyl (C=O) groups is 1. The molecule has 0 atom stereocenters. The van der Waals surface area contributed by atoms with Crippen molar-refractivity contribution < 1.29 is 9.90 Å². The van der Waals surface area contributed by atoms with E-state index in [1.807, 2.05) is 13.0 Å². The second-order valence-electron chi connectivity index (χ2n) is 5.23. The van der Waals surface area contributed by atoms with E-state index >= 15 is 0 Å². The first-order valence-electron chi connectivity index (χ1n) is 6.12. The third-order valence-corrected chi connectivity index (χ3v) is 3.62. The van der Waals surface area contributed by atoms with E-state index in [4.69, 9.17) is 5.11 Å². The zero-order valence-electron chi connectivity index (χ0n) is 10.4. The van der Waals surface area contributed by atoms with Crippen molar-refractivity contribution in [3.63, 3.8) is 0 Å². The molecule has 0 heterocycles. The Labute approximate surface area is 102 Å². The Morgan fingerprint density at radius 1 is 1.35 bits per heavy atom. The number of carboxylic acids is 1. The molecule has 0 aliphatic heterocycles. The van der Waals surface area contributed by atoms with Crippen molar-refractivity contribution in [1.82, 2.24) is 0 Å². The van der Waals surface area contributed by atoms with Crippen molar-refractivity contribution in [3.05, 3.63) is 29.3 Å². The lowest BCUT2D eigenvalue weighted by Gasteiger charge is -2.27. The summed E-state index contributed by atoms with van der Waals surface area (Å²) < 4.78 is 0. The molecule has 1 fully saturated rings. The predicted octanol–water partition coefficient (Wildman–Crippen LogP) is 3.44. The summed E-state index contributed by atoms with van der Waals surface area (Å²) in [5.74, 6) is -0.869. The summed E-state index contributed by atoms with van der Waals surface area (Å²) in [6.07, 6.45) is 4.92. The Hall–Kier alpha value is -1.51. The fraction of sp³-hybridized carbons (Fsp3) is 0.500. The van der Waals surface area contributed by atoms with Crippen LogP contribution in [0.2, 0.25) is 0 Å². The van der Waals surface area contributed by atoms with E-state index in [1.54, 1.807) is 12.1 Å². The van der Waals surface area contributed by atoms with Gasteiger partial charge in [0.05, 0.1) is 5.56 Å². The van der Waals surface area contributed by atoms with Crippen LogP contribution in [0, 0.1) is 6.92 Å². The number of rotatable bonds is 3. The third-order valence-electron chi connectivity index (χ3n) is 3.62. The highest BCUT2D eigenvalue weighted by Crippen LogP contribution is 2.33. The standard InChI is InChI=1S/C14H19NO2/c1-10-9-11(13(16)17)5-6-12(10)15-14(2)7-3-4-8-14/h5-6,9,15H,3-4,7-8H2,1-2H3,(H,16,17). The van der Waals surface area contributed by atoms with E-state index in [9.17, 15) is 4.79 Å². The maximum absolute atomic E-state index is 10.9. The largest absolute Gasteiger partial charge is 0.478 e. The van der Waals surface area contributed by atoms with Crippen LogP contribution < -0.4 is 5.32 Å². The molecule has 0 bridgehead atoms. The van der Waals surface area contributed by atoms with Gasteiger partial charge >= 0.3 is 5.97 Å². The topological polar surface area (TPSA) is 49.3 Å². The average Bonchev–Trinajstić information content (AvgIpc) is 2.68. The Bertz CT molecular complexity index is 434. The van der Waals surface area contributed by atoms with Gasteiger partial charge in [-0.05, 0) is 50.5 Å². The fourth-order valence-corrected chi connectivity index (χ4v) is 2.54. The van der Waals surface area contributed by atoms with Crippen LogP contribution in [0.5, 0.6) is 0 Å². The van der Waals surface area contributed by atoms with Gasteiger partial charge in [-0.1, -0.05) is 12.8 Å². The van der Waals surface area contributed by atoms with Crippen LogP contribution >= 0.6 is 0 Å². The van der Waals surface area contributed by atoms with Crippen LogP contribution in [0.15, 0.2) is 18.2 Å². The fourth-order valence-electron chi connectivity index (χ4n) is 2.54. The molecule has 1 saturated carbocycles. The van der Waals surface area contributed by atoms with Crippen molar-refractivity contribution in [2.24, 2.45) is 0 Å². The SMILES string of the molecule is Cc1cc(C(=O)O)ccc1NC1(C)CCCC1. The van der Waals surface area contributed by atoms with Crippen LogP contribution in [0.4, 0.5) is 5.69 Å². The molecule has 2 N–H and O–H groups in total. The lowest BCUT2D eigenvalue weighted by Crippen LogP contribution is -2.31. The summed E-state index contributed by atoms with van der Waals surface area (Å²) in [5, 5.41) is 12.5. The molecule has 17 heavy (non-hydrogen) atoms. The van der Waals surface area contributed by atoms with Crippen LogP contribution in [0.1, 0.15) is 48.5 Å². The smallest absolute Gasteiger partial charge is 0.335 e. The summed E-state index contributed by atoms with van der Waals surface area (Å²) in [6, 6.07) is 5.27. The van der Waals surface area contributed by atoms with E-state index in [2.05, 4.69) is 12.2 Å². The summed E-state index contributed by atoms with van der Waals surface area (Å²) in [6.45, 7) is 4.19. The summed E-state index contributed by atoms with van der Waals surface area (Å²) in [5.41, 5.74) is 2.58. The molecule has 3 heteroatoms. The molecule has 1 aliphatic carbocycles. The zero-order chi connectivity index (χ0) is 12.5. The van der Waals surface area contributed by atoms with Crippen LogP contribution in [-0.4, -0.2) is 16.6 Å². The van der Waals surface area contributed by atoms with Crippen molar-refractivity contribution in [3.8, 4) is 0 Å². The molecular formula is C14H19NO2. The highest BCUT2D eigenvalue weighted by molar-refractivity contribution is 5.88. The van der Waals surface area contributed by atoms with E-state index in [1.165, 1.54) is 25.7 Å². The van der Waals surface area contributed by atoms with E-state index in [-0.39, 0.29) is 5.54 Å². The first-order chi connectivity index (χ1) is 8.00. The molecule has 1 aliphatic rings. The number of carboxylic acid groups (broad SMARTS) is 1. The zero-order valence-corrected chi connectivity index (χ0v) is 10.4. The number of aryl methyl sites for hydroxylation is 1. The summed E-state index contributed by atoms with van der Waals surface area (Å²) in [7, 11) is 0. The maximum Gasteiger partial charge on any atom is 0.335 e. The Kier molecular flexibility index (Phi) is 3.09. The van der Waals surface area contributed by atoms with Crippen LogP contribution in [-0.2, 0) is 0 Å².